The number of aromatic nitrogens is 3. The molecule has 1 aromatic carbocycles. The Labute approximate surface area is 146 Å². The van der Waals surface area contributed by atoms with Crippen LogP contribution >= 0.6 is 11.6 Å². The van der Waals surface area contributed by atoms with Gasteiger partial charge in [0.05, 0.1) is 5.02 Å². The van der Waals surface area contributed by atoms with Crippen molar-refractivity contribution in [3.8, 4) is 11.6 Å². The van der Waals surface area contributed by atoms with E-state index < -0.39 is 12.5 Å². The molecule has 6 nitrogen and oxygen atoms in total. The Morgan fingerprint density at radius 2 is 2.08 bits per heavy atom. The van der Waals surface area contributed by atoms with Crippen LogP contribution in [-0.4, -0.2) is 27.1 Å². The van der Waals surface area contributed by atoms with Crippen molar-refractivity contribution in [3.63, 3.8) is 0 Å². The summed E-state index contributed by atoms with van der Waals surface area (Å²) in [6, 6.07) is 7.14. The number of rotatable bonds is 5. The standard InChI is InChI=1S/C16H11ClF2N4O2/c17-12-8-11(1-2-13(12)25-16(18)19)22-15(24)10-3-4-21-14(7-10)23-6-5-20-9-23/h1-9,16H,(H,22,24). The molecule has 1 amide bonds. The van der Waals surface area contributed by atoms with E-state index in [1.165, 1.54) is 24.4 Å². The Morgan fingerprint density at radius 1 is 1.24 bits per heavy atom. The zero-order chi connectivity index (χ0) is 17.8. The lowest BCUT2D eigenvalue weighted by molar-refractivity contribution is -0.0497. The van der Waals surface area contributed by atoms with Gasteiger partial charge < -0.3 is 10.1 Å². The van der Waals surface area contributed by atoms with Crippen molar-refractivity contribution in [2.75, 3.05) is 5.32 Å². The van der Waals surface area contributed by atoms with Crippen molar-refractivity contribution in [1.82, 2.24) is 14.5 Å². The van der Waals surface area contributed by atoms with Gasteiger partial charge in [-0.1, -0.05) is 11.6 Å². The maximum atomic E-state index is 12.4. The lowest BCUT2D eigenvalue weighted by atomic mass is 10.2. The van der Waals surface area contributed by atoms with Gasteiger partial charge >= 0.3 is 6.61 Å². The summed E-state index contributed by atoms with van der Waals surface area (Å²) in [6.07, 6.45) is 6.35. The van der Waals surface area contributed by atoms with Crippen LogP contribution in [0, 0.1) is 0 Å². The number of alkyl halides is 2. The molecule has 0 saturated heterocycles. The van der Waals surface area contributed by atoms with Crippen LogP contribution in [0.4, 0.5) is 14.5 Å². The molecule has 9 heteroatoms. The van der Waals surface area contributed by atoms with E-state index in [9.17, 15) is 13.6 Å². The smallest absolute Gasteiger partial charge is 0.387 e. The average Bonchev–Trinajstić information content (AvgIpc) is 3.12. The second kappa shape index (κ2) is 7.27. The van der Waals surface area contributed by atoms with Crippen molar-refractivity contribution in [1.29, 1.82) is 0 Å². The number of carbonyl (C=O) groups is 1. The van der Waals surface area contributed by atoms with E-state index in [1.54, 1.807) is 35.4 Å². The Bertz CT molecular complexity index is 888. The fraction of sp³-hybridized carbons (Fsp3) is 0.0625. The highest BCUT2D eigenvalue weighted by atomic mass is 35.5. The predicted molar refractivity (Wildman–Crippen MR) is 87.4 cm³/mol. The highest BCUT2D eigenvalue weighted by molar-refractivity contribution is 6.32. The van der Waals surface area contributed by atoms with E-state index in [2.05, 4.69) is 20.0 Å². The molecule has 0 atom stereocenters. The van der Waals surface area contributed by atoms with E-state index >= 15 is 0 Å². The molecule has 2 aromatic heterocycles. The summed E-state index contributed by atoms with van der Waals surface area (Å²) in [5.74, 6) is -0.0350. The van der Waals surface area contributed by atoms with Crippen LogP contribution in [0.3, 0.4) is 0 Å². The molecule has 0 aliphatic heterocycles. The number of carbonyl (C=O) groups excluding carboxylic acids is 1. The highest BCUT2D eigenvalue weighted by Crippen LogP contribution is 2.29. The van der Waals surface area contributed by atoms with Gasteiger partial charge in [-0.05, 0) is 30.3 Å². The minimum Gasteiger partial charge on any atom is -0.433 e. The van der Waals surface area contributed by atoms with Gasteiger partial charge in [0.1, 0.15) is 17.9 Å². The van der Waals surface area contributed by atoms with Crippen molar-refractivity contribution in [2.45, 2.75) is 6.61 Å². The number of hydrogen-bond acceptors (Lipinski definition) is 4. The van der Waals surface area contributed by atoms with Crippen LogP contribution in [-0.2, 0) is 0 Å². The summed E-state index contributed by atoms with van der Waals surface area (Å²) >= 11 is 5.87. The largest absolute Gasteiger partial charge is 0.433 e. The molecule has 1 N–H and O–H groups in total. The lowest BCUT2D eigenvalue weighted by Crippen LogP contribution is -2.13. The number of hydrogen-bond donors (Lipinski definition) is 1. The third-order valence-electron chi connectivity index (χ3n) is 3.18. The summed E-state index contributed by atoms with van der Waals surface area (Å²) in [4.78, 5) is 20.4. The van der Waals surface area contributed by atoms with Gasteiger partial charge in [-0.15, -0.1) is 0 Å². The second-order valence-corrected chi connectivity index (χ2v) is 5.26. The molecule has 128 valence electrons. The number of nitrogens with zero attached hydrogens (tertiary/aromatic N) is 3. The Balaban J connectivity index is 1.76. The van der Waals surface area contributed by atoms with Gasteiger partial charge in [-0.25, -0.2) is 9.97 Å². The van der Waals surface area contributed by atoms with E-state index in [0.717, 1.165) is 0 Å². The van der Waals surface area contributed by atoms with Gasteiger partial charge in [-0.2, -0.15) is 8.78 Å². The first kappa shape index (κ1) is 16.8. The number of nitrogens with one attached hydrogen (secondary N) is 1. The third kappa shape index (κ3) is 4.10. The Hall–Kier alpha value is -3.00. The number of halogens is 3. The molecular formula is C16H11ClF2N4O2. The molecule has 0 aliphatic carbocycles. The molecule has 2 heterocycles. The van der Waals surface area contributed by atoms with Crippen molar-refractivity contribution < 1.29 is 18.3 Å². The number of anilines is 1. The maximum Gasteiger partial charge on any atom is 0.387 e. The van der Waals surface area contributed by atoms with Gasteiger partial charge in [0.25, 0.3) is 5.91 Å². The first-order valence-corrected chi connectivity index (χ1v) is 7.41. The summed E-state index contributed by atoms with van der Waals surface area (Å²) in [5, 5.41) is 2.60. The van der Waals surface area contributed by atoms with Crippen LogP contribution in [0.2, 0.25) is 5.02 Å². The van der Waals surface area contributed by atoms with Crippen LogP contribution in [0.15, 0.2) is 55.2 Å². The quantitative estimate of drug-likeness (QED) is 0.748. The van der Waals surface area contributed by atoms with Crippen molar-refractivity contribution in [2.24, 2.45) is 0 Å². The number of ether oxygens (including phenoxy) is 1. The first-order chi connectivity index (χ1) is 12.0. The summed E-state index contributed by atoms with van der Waals surface area (Å²) < 4.78 is 30.4. The molecule has 0 radical (unpaired) electrons. The minimum atomic E-state index is -2.98. The zero-order valence-corrected chi connectivity index (χ0v) is 13.3. The van der Waals surface area contributed by atoms with Gasteiger partial charge in [0.2, 0.25) is 0 Å². The molecule has 0 aliphatic rings. The van der Waals surface area contributed by atoms with Gasteiger partial charge in [0.15, 0.2) is 0 Å². The molecule has 3 rings (SSSR count). The molecule has 0 unspecified atom stereocenters. The molecule has 3 aromatic rings. The van der Waals surface area contributed by atoms with Crippen molar-refractivity contribution in [3.05, 3.63) is 65.8 Å². The fourth-order valence-electron chi connectivity index (χ4n) is 2.07. The van der Waals surface area contributed by atoms with E-state index in [4.69, 9.17) is 11.6 Å². The Kier molecular flexibility index (Phi) is 4.90. The topological polar surface area (TPSA) is 69.0 Å². The first-order valence-electron chi connectivity index (χ1n) is 7.03. The van der Waals surface area contributed by atoms with Crippen LogP contribution < -0.4 is 10.1 Å². The zero-order valence-electron chi connectivity index (χ0n) is 12.6. The Morgan fingerprint density at radius 3 is 2.76 bits per heavy atom. The molecular weight excluding hydrogens is 354 g/mol. The molecule has 0 saturated carbocycles. The fourth-order valence-corrected chi connectivity index (χ4v) is 2.29. The van der Waals surface area contributed by atoms with Crippen LogP contribution in [0.5, 0.6) is 5.75 Å². The van der Waals surface area contributed by atoms with Gasteiger partial charge in [-0.3, -0.25) is 9.36 Å². The number of imidazole rings is 1. The normalized spacial score (nSPS) is 10.7. The predicted octanol–water partition coefficient (Wildman–Crippen LogP) is 3.77. The maximum absolute atomic E-state index is 12.4. The highest BCUT2D eigenvalue weighted by Gasteiger charge is 2.12. The van der Waals surface area contributed by atoms with Gasteiger partial charge in [0, 0.05) is 29.8 Å². The second-order valence-electron chi connectivity index (χ2n) is 4.85. The molecule has 0 bridgehead atoms. The molecule has 25 heavy (non-hydrogen) atoms. The summed E-state index contributed by atoms with van der Waals surface area (Å²) in [7, 11) is 0. The minimum absolute atomic E-state index is 0.0352. The van der Waals surface area contributed by atoms with E-state index in [-0.39, 0.29) is 10.8 Å². The molecule has 0 fully saturated rings. The third-order valence-corrected chi connectivity index (χ3v) is 3.48. The average molecular weight is 365 g/mol. The van der Waals surface area contributed by atoms with E-state index in [0.29, 0.717) is 17.1 Å². The molecule has 0 spiro atoms. The number of amides is 1. The SMILES string of the molecule is O=C(Nc1ccc(OC(F)F)c(Cl)c1)c1ccnc(-n2ccnc2)c1. The van der Waals surface area contributed by atoms with E-state index in [1.807, 2.05) is 0 Å². The number of benzene rings is 1. The van der Waals surface area contributed by atoms with Crippen molar-refractivity contribution >= 4 is 23.2 Å². The lowest BCUT2D eigenvalue weighted by Gasteiger charge is -2.10. The summed E-state index contributed by atoms with van der Waals surface area (Å²) in [5.41, 5.74) is 0.709. The summed E-state index contributed by atoms with van der Waals surface area (Å²) in [6.45, 7) is -2.98. The number of pyridine rings is 1. The van der Waals surface area contributed by atoms with Crippen LogP contribution in [0.1, 0.15) is 10.4 Å². The van der Waals surface area contributed by atoms with Crippen LogP contribution in [0.25, 0.3) is 5.82 Å². The monoisotopic (exact) mass is 364 g/mol.